The molecule has 0 spiro atoms. The molecule has 0 aliphatic carbocycles. The van der Waals surface area contributed by atoms with E-state index in [1.54, 1.807) is 6.92 Å². The Morgan fingerprint density at radius 2 is 2.00 bits per heavy atom. The third kappa shape index (κ3) is 3.64. The zero-order valence-corrected chi connectivity index (χ0v) is 9.98. The van der Waals surface area contributed by atoms with Crippen molar-refractivity contribution >= 4 is 5.97 Å². The average molecular weight is 248 g/mol. The summed E-state index contributed by atoms with van der Waals surface area (Å²) < 4.78 is 5.34. The number of carboxylic acid groups (broad SMARTS) is 1. The normalized spacial score (nSPS) is 37.5. The molecule has 4 N–H and O–H groups in total. The van der Waals surface area contributed by atoms with Crippen LogP contribution in [0.25, 0.3) is 0 Å². The first kappa shape index (κ1) is 14.4. The second-order valence-corrected chi connectivity index (χ2v) is 4.71. The molecule has 17 heavy (non-hydrogen) atoms. The standard InChI is InChI=1S/C11H20O6/c1-5(12)3-7(11(15)16)10-9(14)4-8(13)6(2)17-10/h5-10,12-14H,3-4H2,1-2H3,(H,15,16)/t5?,6-,7+,8+,9-,10?/m0/s1. The summed E-state index contributed by atoms with van der Waals surface area (Å²) in [6, 6.07) is 0. The lowest BCUT2D eigenvalue weighted by Gasteiger charge is -2.38. The van der Waals surface area contributed by atoms with Crippen molar-refractivity contribution in [3.8, 4) is 0 Å². The van der Waals surface area contributed by atoms with Gasteiger partial charge in [0.05, 0.1) is 36.4 Å². The van der Waals surface area contributed by atoms with Crippen molar-refractivity contribution in [2.24, 2.45) is 5.92 Å². The van der Waals surface area contributed by atoms with Crippen molar-refractivity contribution < 1.29 is 30.0 Å². The maximum Gasteiger partial charge on any atom is 0.309 e. The van der Waals surface area contributed by atoms with Gasteiger partial charge in [-0.25, -0.2) is 0 Å². The number of ether oxygens (including phenoxy) is 1. The number of aliphatic carboxylic acids is 1. The van der Waals surface area contributed by atoms with Gasteiger partial charge in [-0.2, -0.15) is 0 Å². The van der Waals surface area contributed by atoms with Crippen LogP contribution in [0.4, 0.5) is 0 Å². The van der Waals surface area contributed by atoms with Crippen LogP contribution in [-0.4, -0.2) is 56.9 Å². The minimum Gasteiger partial charge on any atom is -0.481 e. The maximum atomic E-state index is 11.1. The Morgan fingerprint density at radius 3 is 2.47 bits per heavy atom. The lowest BCUT2D eigenvalue weighted by atomic mass is 9.87. The summed E-state index contributed by atoms with van der Waals surface area (Å²) in [6.45, 7) is 3.12. The fourth-order valence-corrected chi connectivity index (χ4v) is 2.11. The first-order valence-corrected chi connectivity index (χ1v) is 5.75. The summed E-state index contributed by atoms with van der Waals surface area (Å²) in [5.74, 6) is -2.08. The number of aliphatic hydroxyl groups is 3. The van der Waals surface area contributed by atoms with Gasteiger partial charge < -0.3 is 25.2 Å². The van der Waals surface area contributed by atoms with Crippen molar-refractivity contribution in [1.82, 2.24) is 0 Å². The van der Waals surface area contributed by atoms with Gasteiger partial charge in [0, 0.05) is 6.42 Å². The van der Waals surface area contributed by atoms with Crippen LogP contribution >= 0.6 is 0 Å². The van der Waals surface area contributed by atoms with E-state index in [9.17, 15) is 20.1 Å². The van der Waals surface area contributed by atoms with Crippen LogP contribution in [0.5, 0.6) is 0 Å². The molecule has 100 valence electrons. The van der Waals surface area contributed by atoms with Crippen molar-refractivity contribution in [3.63, 3.8) is 0 Å². The minimum atomic E-state index is -1.11. The van der Waals surface area contributed by atoms with E-state index < -0.39 is 42.4 Å². The summed E-state index contributed by atoms with van der Waals surface area (Å²) in [5, 5.41) is 37.6. The number of aliphatic hydroxyl groups excluding tert-OH is 3. The number of hydrogen-bond acceptors (Lipinski definition) is 5. The van der Waals surface area contributed by atoms with Crippen LogP contribution in [0.2, 0.25) is 0 Å². The lowest BCUT2D eigenvalue weighted by molar-refractivity contribution is -0.192. The molecule has 6 heteroatoms. The molecule has 1 aliphatic rings. The van der Waals surface area contributed by atoms with E-state index in [0.29, 0.717) is 0 Å². The predicted octanol–water partition coefficient (Wildman–Crippen LogP) is -0.643. The van der Waals surface area contributed by atoms with Gasteiger partial charge >= 0.3 is 5.97 Å². The molecule has 6 atom stereocenters. The SMILES string of the molecule is CC(O)C[C@@H](C(=O)O)C1O[C@@H](C)[C@H](O)C[C@@H]1O. The molecule has 0 bridgehead atoms. The van der Waals surface area contributed by atoms with Gasteiger partial charge in [-0.15, -0.1) is 0 Å². The van der Waals surface area contributed by atoms with Gasteiger partial charge in [-0.05, 0) is 20.3 Å². The van der Waals surface area contributed by atoms with Gasteiger partial charge in [0.15, 0.2) is 0 Å². The highest BCUT2D eigenvalue weighted by molar-refractivity contribution is 5.71. The van der Waals surface area contributed by atoms with E-state index >= 15 is 0 Å². The van der Waals surface area contributed by atoms with Gasteiger partial charge in [0.2, 0.25) is 0 Å². The number of carbonyl (C=O) groups is 1. The van der Waals surface area contributed by atoms with E-state index in [1.807, 2.05) is 0 Å². The molecule has 0 aromatic carbocycles. The van der Waals surface area contributed by atoms with Crippen LogP contribution in [0.15, 0.2) is 0 Å². The highest BCUT2D eigenvalue weighted by Gasteiger charge is 2.41. The summed E-state index contributed by atoms with van der Waals surface area (Å²) in [7, 11) is 0. The molecule has 1 saturated heterocycles. The zero-order chi connectivity index (χ0) is 13.2. The van der Waals surface area contributed by atoms with Crippen LogP contribution < -0.4 is 0 Å². The van der Waals surface area contributed by atoms with Crippen LogP contribution in [0.3, 0.4) is 0 Å². The Balaban J connectivity index is 2.76. The third-order valence-corrected chi connectivity index (χ3v) is 3.08. The molecule has 0 aromatic rings. The molecule has 1 heterocycles. The average Bonchev–Trinajstić information content (AvgIpc) is 2.20. The summed E-state index contributed by atoms with van der Waals surface area (Å²) >= 11 is 0. The highest BCUT2D eigenvalue weighted by Crippen LogP contribution is 2.28. The maximum absolute atomic E-state index is 11.1. The first-order valence-electron chi connectivity index (χ1n) is 5.75. The second-order valence-electron chi connectivity index (χ2n) is 4.71. The lowest BCUT2D eigenvalue weighted by Crippen LogP contribution is -2.51. The molecule has 1 fully saturated rings. The molecule has 0 radical (unpaired) electrons. The van der Waals surface area contributed by atoms with Crippen LogP contribution in [0.1, 0.15) is 26.7 Å². The predicted molar refractivity (Wildman–Crippen MR) is 58.4 cm³/mol. The Kier molecular flexibility index (Phi) is 4.88. The Bertz CT molecular complexity index is 267. The third-order valence-electron chi connectivity index (χ3n) is 3.08. The van der Waals surface area contributed by atoms with Gasteiger partial charge in [-0.1, -0.05) is 0 Å². The monoisotopic (exact) mass is 248 g/mol. The second kappa shape index (κ2) is 5.77. The molecule has 2 unspecified atom stereocenters. The molecular weight excluding hydrogens is 228 g/mol. The van der Waals surface area contributed by atoms with E-state index in [0.717, 1.165) is 0 Å². The molecule has 0 saturated carbocycles. The van der Waals surface area contributed by atoms with Crippen LogP contribution in [-0.2, 0) is 9.53 Å². The minimum absolute atomic E-state index is 0.0138. The highest BCUT2D eigenvalue weighted by atomic mass is 16.5. The molecule has 1 rings (SSSR count). The number of carboxylic acids is 1. The van der Waals surface area contributed by atoms with Crippen molar-refractivity contribution in [1.29, 1.82) is 0 Å². The first-order chi connectivity index (χ1) is 7.82. The van der Waals surface area contributed by atoms with Crippen molar-refractivity contribution in [2.45, 2.75) is 57.2 Å². The van der Waals surface area contributed by atoms with Crippen molar-refractivity contribution in [3.05, 3.63) is 0 Å². The Hall–Kier alpha value is -0.690. The molecule has 6 nitrogen and oxygen atoms in total. The zero-order valence-electron chi connectivity index (χ0n) is 9.98. The van der Waals surface area contributed by atoms with Crippen LogP contribution in [0, 0.1) is 5.92 Å². The summed E-state index contributed by atoms with van der Waals surface area (Å²) in [5.41, 5.74) is 0. The summed E-state index contributed by atoms with van der Waals surface area (Å²) in [6.07, 6.45) is -3.90. The topological polar surface area (TPSA) is 107 Å². The summed E-state index contributed by atoms with van der Waals surface area (Å²) in [4.78, 5) is 11.1. The fourth-order valence-electron chi connectivity index (χ4n) is 2.11. The molecule has 0 aromatic heterocycles. The molecule has 0 amide bonds. The van der Waals surface area contributed by atoms with E-state index in [4.69, 9.17) is 9.84 Å². The fraction of sp³-hybridized carbons (Fsp3) is 0.909. The van der Waals surface area contributed by atoms with Gasteiger partial charge in [-0.3, -0.25) is 4.79 Å². The molecule has 1 aliphatic heterocycles. The van der Waals surface area contributed by atoms with E-state index in [-0.39, 0.29) is 12.8 Å². The van der Waals surface area contributed by atoms with Gasteiger partial charge in [0.1, 0.15) is 0 Å². The van der Waals surface area contributed by atoms with Crippen molar-refractivity contribution in [2.75, 3.05) is 0 Å². The van der Waals surface area contributed by atoms with E-state index in [1.165, 1.54) is 6.92 Å². The Morgan fingerprint density at radius 1 is 1.41 bits per heavy atom. The molecular formula is C11H20O6. The number of rotatable bonds is 4. The quantitative estimate of drug-likeness (QED) is 0.527. The number of hydrogen-bond donors (Lipinski definition) is 4. The van der Waals surface area contributed by atoms with E-state index in [2.05, 4.69) is 0 Å². The van der Waals surface area contributed by atoms with Gasteiger partial charge in [0.25, 0.3) is 0 Å². The Labute approximate surface area is 99.8 Å². The smallest absolute Gasteiger partial charge is 0.309 e. The largest absolute Gasteiger partial charge is 0.481 e.